The molecule has 0 fully saturated rings. The van der Waals surface area contributed by atoms with Gasteiger partial charge in [0.25, 0.3) is 0 Å². The molecule has 0 aromatic heterocycles. The Bertz CT molecular complexity index is 280. The van der Waals surface area contributed by atoms with Crippen LogP contribution in [0.1, 0.15) is 26.7 Å². The summed E-state index contributed by atoms with van der Waals surface area (Å²) >= 11 is 0. The Kier molecular flexibility index (Phi) is 6.78. The van der Waals surface area contributed by atoms with E-state index in [9.17, 15) is 4.79 Å². The molecular weight excluding hydrogens is 220 g/mol. The summed E-state index contributed by atoms with van der Waals surface area (Å²) in [6.07, 6.45) is 0.816. The molecule has 2 N–H and O–H groups in total. The lowest BCUT2D eigenvalue weighted by Crippen LogP contribution is -2.34. The molecule has 0 saturated heterocycles. The fourth-order valence-electron chi connectivity index (χ4n) is 1.33. The normalized spacial score (nSPS) is 11.4. The van der Waals surface area contributed by atoms with Crippen LogP contribution in [0.2, 0.25) is 0 Å². The lowest BCUT2D eigenvalue weighted by molar-refractivity contribution is -0.131. The first-order valence-electron chi connectivity index (χ1n) is 5.73. The third-order valence-corrected chi connectivity index (χ3v) is 2.74. The molecule has 0 bridgehead atoms. The van der Waals surface area contributed by atoms with E-state index in [0.29, 0.717) is 19.4 Å². The zero-order chi connectivity index (χ0) is 13.5. The first kappa shape index (κ1) is 15.9. The van der Waals surface area contributed by atoms with Crippen LogP contribution in [-0.4, -0.2) is 47.8 Å². The Labute approximate surface area is 103 Å². The van der Waals surface area contributed by atoms with Gasteiger partial charge in [-0.05, 0) is 20.3 Å². The van der Waals surface area contributed by atoms with Gasteiger partial charge < -0.3 is 15.1 Å². The molecule has 0 unspecified atom stereocenters. The Morgan fingerprint density at radius 3 is 2.35 bits per heavy atom. The lowest BCUT2D eigenvalue weighted by atomic mass is 9.89. The topological polar surface area (TPSA) is 84.6 Å². The molecule has 0 rings (SSSR count). The fraction of sp³-hybridized carbons (Fsp3) is 0.833. The minimum atomic E-state index is -0.496. The highest BCUT2D eigenvalue weighted by Crippen LogP contribution is 2.21. The van der Waals surface area contributed by atoms with Crippen molar-refractivity contribution in [1.82, 2.24) is 4.90 Å². The van der Waals surface area contributed by atoms with E-state index in [1.54, 1.807) is 20.9 Å². The number of amides is 1. The highest BCUT2D eigenvalue weighted by Gasteiger charge is 2.20. The average Bonchev–Trinajstić information content (AvgIpc) is 2.32. The molecule has 0 aliphatic heterocycles. The van der Waals surface area contributed by atoms with Crippen molar-refractivity contribution in [2.45, 2.75) is 26.7 Å². The van der Waals surface area contributed by atoms with Crippen LogP contribution in [0, 0.1) is 22.7 Å². The van der Waals surface area contributed by atoms with Crippen LogP contribution in [0.5, 0.6) is 0 Å². The Morgan fingerprint density at radius 2 is 1.94 bits per heavy atom. The van der Waals surface area contributed by atoms with E-state index in [2.05, 4.69) is 6.07 Å². The van der Waals surface area contributed by atoms with Crippen LogP contribution < -0.4 is 0 Å². The minimum absolute atomic E-state index is 0.0692. The van der Waals surface area contributed by atoms with Gasteiger partial charge in [-0.15, -0.1) is 0 Å². The second-order valence-corrected chi connectivity index (χ2v) is 5.00. The molecule has 5 heteroatoms. The van der Waals surface area contributed by atoms with Crippen molar-refractivity contribution < 1.29 is 15.0 Å². The maximum absolute atomic E-state index is 11.7. The molecule has 17 heavy (non-hydrogen) atoms. The van der Waals surface area contributed by atoms with E-state index in [1.165, 1.54) is 4.90 Å². The number of aliphatic hydroxyl groups is 2. The molecule has 5 nitrogen and oxygen atoms in total. The summed E-state index contributed by atoms with van der Waals surface area (Å²) in [5, 5.41) is 26.7. The third kappa shape index (κ3) is 6.25. The monoisotopic (exact) mass is 242 g/mol. The van der Waals surface area contributed by atoms with Crippen LogP contribution in [-0.2, 0) is 4.79 Å². The van der Waals surface area contributed by atoms with Gasteiger partial charge in [-0.2, -0.15) is 5.26 Å². The quantitative estimate of drug-likeness (QED) is 0.675. The smallest absolute Gasteiger partial charge is 0.222 e. The summed E-state index contributed by atoms with van der Waals surface area (Å²) in [5.41, 5.74) is -0.496. The maximum atomic E-state index is 11.7. The number of carbonyl (C=O) groups is 1. The van der Waals surface area contributed by atoms with Crippen LogP contribution in [0.25, 0.3) is 0 Å². The van der Waals surface area contributed by atoms with E-state index in [1.807, 2.05) is 0 Å². The van der Waals surface area contributed by atoms with Gasteiger partial charge in [-0.1, -0.05) is 0 Å². The standard InChI is InChI=1S/C12H22N2O3/c1-12(2,9-13)5-4-11(17)14(3)6-10(7-15)8-16/h10,15-16H,4-8H2,1-3H3. The first-order valence-corrected chi connectivity index (χ1v) is 5.73. The summed E-state index contributed by atoms with van der Waals surface area (Å²) < 4.78 is 0. The molecule has 0 spiro atoms. The predicted octanol–water partition coefficient (Wildman–Crippen LogP) is 0.376. The highest BCUT2D eigenvalue weighted by molar-refractivity contribution is 5.75. The number of hydrogen-bond donors (Lipinski definition) is 2. The van der Waals surface area contributed by atoms with Crippen molar-refractivity contribution in [2.75, 3.05) is 26.8 Å². The second kappa shape index (κ2) is 7.25. The number of carbonyl (C=O) groups excluding carboxylic acids is 1. The SMILES string of the molecule is CN(CC(CO)CO)C(=O)CCC(C)(C)C#N. The van der Waals surface area contributed by atoms with E-state index in [4.69, 9.17) is 15.5 Å². The van der Waals surface area contributed by atoms with Crippen LogP contribution in [0.15, 0.2) is 0 Å². The zero-order valence-electron chi connectivity index (χ0n) is 10.8. The van der Waals surface area contributed by atoms with Gasteiger partial charge in [0.1, 0.15) is 0 Å². The van der Waals surface area contributed by atoms with Crippen LogP contribution >= 0.6 is 0 Å². The van der Waals surface area contributed by atoms with Crippen molar-refractivity contribution in [2.24, 2.45) is 11.3 Å². The van der Waals surface area contributed by atoms with Crippen LogP contribution in [0.3, 0.4) is 0 Å². The van der Waals surface area contributed by atoms with E-state index >= 15 is 0 Å². The highest BCUT2D eigenvalue weighted by atomic mass is 16.3. The second-order valence-electron chi connectivity index (χ2n) is 5.00. The molecule has 0 aliphatic rings. The zero-order valence-corrected chi connectivity index (χ0v) is 10.8. The molecule has 0 aliphatic carbocycles. The van der Waals surface area contributed by atoms with Gasteiger partial charge >= 0.3 is 0 Å². The largest absolute Gasteiger partial charge is 0.396 e. The number of rotatable bonds is 7. The van der Waals surface area contributed by atoms with Gasteiger partial charge in [0.2, 0.25) is 5.91 Å². The molecule has 0 radical (unpaired) electrons. The summed E-state index contributed by atoms with van der Waals surface area (Å²) in [4.78, 5) is 13.2. The number of nitriles is 1. The van der Waals surface area contributed by atoms with Crippen LogP contribution in [0.4, 0.5) is 0 Å². The van der Waals surface area contributed by atoms with E-state index < -0.39 is 5.41 Å². The van der Waals surface area contributed by atoms with Gasteiger partial charge in [0.15, 0.2) is 0 Å². The molecule has 0 aromatic carbocycles. The number of aliphatic hydroxyl groups excluding tert-OH is 2. The lowest BCUT2D eigenvalue weighted by Gasteiger charge is -2.23. The summed E-state index contributed by atoms with van der Waals surface area (Å²) in [5.74, 6) is -0.367. The molecule has 0 heterocycles. The van der Waals surface area contributed by atoms with Crippen molar-refractivity contribution in [1.29, 1.82) is 5.26 Å². The molecule has 0 atom stereocenters. The van der Waals surface area contributed by atoms with Crippen molar-refractivity contribution in [3.8, 4) is 6.07 Å². The molecule has 98 valence electrons. The Balaban J connectivity index is 4.11. The van der Waals surface area contributed by atoms with E-state index in [0.717, 1.165) is 0 Å². The fourth-order valence-corrected chi connectivity index (χ4v) is 1.33. The van der Waals surface area contributed by atoms with Gasteiger partial charge in [-0.25, -0.2) is 0 Å². The summed E-state index contributed by atoms with van der Waals surface area (Å²) in [6, 6.07) is 2.15. The summed E-state index contributed by atoms with van der Waals surface area (Å²) in [6.45, 7) is 3.64. The average molecular weight is 242 g/mol. The molecular formula is C12H22N2O3. The Morgan fingerprint density at radius 1 is 1.41 bits per heavy atom. The number of hydrogen-bond acceptors (Lipinski definition) is 4. The molecule has 0 saturated carbocycles. The van der Waals surface area contributed by atoms with Gasteiger partial charge in [0, 0.05) is 39.1 Å². The van der Waals surface area contributed by atoms with Crippen molar-refractivity contribution in [3.63, 3.8) is 0 Å². The summed E-state index contributed by atoms with van der Waals surface area (Å²) in [7, 11) is 1.64. The molecule has 0 aromatic rings. The maximum Gasteiger partial charge on any atom is 0.222 e. The Hall–Kier alpha value is -1.12. The van der Waals surface area contributed by atoms with Crippen molar-refractivity contribution in [3.05, 3.63) is 0 Å². The van der Waals surface area contributed by atoms with Gasteiger partial charge in [0.05, 0.1) is 11.5 Å². The van der Waals surface area contributed by atoms with E-state index in [-0.39, 0.29) is 25.0 Å². The predicted molar refractivity (Wildman–Crippen MR) is 63.9 cm³/mol. The minimum Gasteiger partial charge on any atom is -0.396 e. The number of nitrogens with zero attached hydrogens (tertiary/aromatic N) is 2. The first-order chi connectivity index (χ1) is 7.86. The molecule has 1 amide bonds. The van der Waals surface area contributed by atoms with Gasteiger partial charge in [-0.3, -0.25) is 4.79 Å². The third-order valence-electron chi connectivity index (χ3n) is 2.74. The van der Waals surface area contributed by atoms with Crippen molar-refractivity contribution >= 4 is 5.91 Å².